The van der Waals surface area contributed by atoms with Gasteiger partial charge < -0.3 is 0 Å². The van der Waals surface area contributed by atoms with Crippen LogP contribution in [-0.2, 0) is 22.2 Å². The third-order valence-electron chi connectivity index (χ3n) is 3.92. The topological polar surface area (TPSA) is 29.4 Å². The van der Waals surface area contributed by atoms with Gasteiger partial charge in [0.2, 0.25) is 0 Å². The lowest BCUT2D eigenvalue weighted by molar-refractivity contribution is 0.540. The van der Waals surface area contributed by atoms with E-state index in [0.717, 1.165) is 12.1 Å². The molecule has 3 heteroatoms. The van der Waals surface area contributed by atoms with E-state index in [4.69, 9.17) is 0 Å². The zero-order chi connectivity index (χ0) is 12.4. The summed E-state index contributed by atoms with van der Waals surface area (Å²) in [6.07, 6.45) is 1.00. The average molecular weight is 247 g/mol. The van der Waals surface area contributed by atoms with Crippen molar-refractivity contribution in [1.82, 2.24) is 0 Å². The fourth-order valence-electron chi connectivity index (χ4n) is 2.89. The van der Waals surface area contributed by atoms with Crippen molar-refractivity contribution in [2.75, 3.05) is 0 Å². The summed E-state index contributed by atoms with van der Waals surface area (Å²) in [5, 5.41) is 0. The van der Waals surface area contributed by atoms with E-state index in [1.807, 2.05) is 13.8 Å². The number of hydrogen-bond donors (Lipinski definition) is 0. The Morgan fingerprint density at radius 3 is 2.65 bits per heavy atom. The molecule has 1 unspecified atom stereocenters. The van der Waals surface area contributed by atoms with E-state index < -0.39 is 11.0 Å². The van der Waals surface area contributed by atoms with Crippen molar-refractivity contribution in [3.05, 3.63) is 34.9 Å². The summed E-state index contributed by atoms with van der Waals surface area (Å²) < 4.78 is 16.4. The maximum Gasteiger partial charge on any atom is 0.149 e. The molecule has 0 N–H and O–H groups in total. The maximum atomic E-state index is 12.3. The Hall–Kier alpha value is -0.960. The SMILES string of the molecule is CC1(C)Cc2cccc3c2C1=NS(=O)C3(C)C. The molecule has 17 heavy (non-hydrogen) atoms. The van der Waals surface area contributed by atoms with Crippen LogP contribution in [-0.4, -0.2) is 9.92 Å². The smallest absolute Gasteiger partial charge is 0.149 e. The molecule has 0 spiro atoms. The quantitative estimate of drug-likeness (QED) is 0.693. The first-order chi connectivity index (χ1) is 7.84. The first-order valence-electron chi connectivity index (χ1n) is 5.98. The molecule has 0 saturated carbocycles. The Kier molecular flexibility index (Phi) is 2.02. The predicted molar refractivity (Wildman–Crippen MR) is 71.6 cm³/mol. The number of nitrogens with zero attached hydrogens (tertiary/aromatic N) is 1. The van der Waals surface area contributed by atoms with Crippen LogP contribution >= 0.6 is 0 Å². The molecule has 1 aromatic carbocycles. The maximum absolute atomic E-state index is 12.3. The van der Waals surface area contributed by atoms with Crippen LogP contribution in [0.15, 0.2) is 22.6 Å². The molecule has 3 rings (SSSR count). The highest BCUT2D eigenvalue weighted by Gasteiger charge is 2.45. The summed E-state index contributed by atoms with van der Waals surface area (Å²) in [7, 11) is -1.17. The molecule has 2 nitrogen and oxygen atoms in total. The van der Waals surface area contributed by atoms with E-state index in [1.54, 1.807) is 0 Å². The number of benzene rings is 1. The molecule has 0 saturated heterocycles. The molecule has 0 amide bonds. The number of hydrogen-bond acceptors (Lipinski definition) is 1. The van der Waals surface area contributed by atoms with E-state index in [1.165, 1.54) is 16.7 Å². The second-order valence-corrected chi connectivity index (χ2v) is 7.80. The van der Waals surface area contributed by atoms with E-state index >= 15 is 0 Å². The monoisotopic (exact) mass is 247 g/mol. The largest absolute Gasteiger partial charge is 0.234 e. The zero-order valence-corrected chi connectivity index (χ0v) is 11.5. The Bertz CT molecular complexity index is 570. The lowest BCUT2D eigenvalue weighted by Gasteiger charge is -2.31. The molecule has 1 heterocycles. The zero-order valence-electron chi connectivity index (χ0n) is 10.7. The van der Waals surface area contributed by atoms with Gasteiger partial charge in [0.1, 0.15) is 11.0 Å². The molecule has 1 aliphatic carbocycles. The van der Waals surface area contributed by atoms with Gasteiger partial charge in [-0.25, -0.2) is 4.21 Å². The summed E-state index contributed by atoms with van der Waals surface area (Å²) in [5.74, 6) is 0. The molecular weight excluding hydrogens is 230 g/mol. The molecule has 1 aromatic rings. The summed E-state index contributed by atoms with van der Waals surface area (Å²) in [5.41, 5.74) is 4.88. The van der Waals surface area contributed by atoms with Gasteiger partial charge >= 0.3 is 0 Å². The summed E-state index contributed by atoms with van der Waals surface area (Å²) in [6, 6.07) is 6.36. The molecule has 0 fully saturated rings. The Morgan fingerprint density at radius 1 is 1.24 bits per heavy atom. The molecular formula is C14H17NOS. The van der Waals surface area contributed by atoms with Crippen molar-refractivity contribution in [1.29, 1.82) is 0 Å². The van der Waals surface area contributed by atoms with Crippen LogP contribution in [0.3, 0.4) is 0 Å². The lowest BCUT2D eigenvalue weighted by Crippen LogP contribution is -2.33. The molecule has 90 valence electrons. The van der Waals surface area contributed by atoms with Gasteiger partial charge in [0, 0.05) is 11.0 Å². The minimum absolute atomic E-state index is 0.0184. The van der Waals surface area contributed by atoms with Crippen molar-refractivity contribution in [3.8, 4) is 0 Å². The molecule has 2 aliphatic rings. The second kappa shape index (κ2) is 3.08. The minimum Gasteiger partial charge on any atom is -0.234 e. The van der Waals surface area contributed by atoms with Crippen molar-refractivity contribution in [2.45, 2.75) is 38.9 Å². The van der Waals surface area contributed by atoms with Gasteiger partial charge in [-0.3, -0.25) is 0 Å². The highest BCUT2D eigenvalue weighted by Crippen LogP contribution is 2.46. The van der Waals surface area contributed by atoms with Crippen LogP contribution in [0.5, 0.6) is 0 Å². The Labute approximate surface area is 105 Å². The second-order valence-electron chi connectivity index (χ2n) is 6.10. The van der Waals surface area contributed by atoms with Crippen LogP contribution in [0, 0.1) is 5.41 Å². The van der Waals surface area contributed by atoms with Crippen molar-refractivity contribution >= 4 is 16.7 Å². The van der Waals surface area contributed by atoms with Crippen LogP contribution in [0.4, 0.5) is 0 Å². The van der Waals surface area contributed by atoms with Crippen LogP contribution in [0.2, 0.25) is 0 Å². The third-order valence-corrected chi connectivity index (χ3v) is 5.36. The van der Waals surface area contributed by atoms with Gasteiger partial charge in [0.15, 0.2) is 0 Å². The van der Waals surface area contributed by atoms with Gasteiger partial charge in [-0.2, -0.15) is 4.40 Å². The Morgan fingerprint density at radius 2 is 1.94 bits per heavy atom. The van der Waals surface area contributed by atoms with E-state index in [-0.39, 0.29) is 10.2 Å². The molecule has 0 aromatic heterocycles. The first kappa shape index (κ1) is 11.1. The van der Waals surface area contributed by atoms with E-state index in [0.29, 0.717) is 0 Å². The Balaban J connectivity index is 2.38. The molecule has 0 bridgehead atoms. The summed E-state index contributed by atoms with van der Waals surface area (Å²) >= 11 is 0. The number of rotatable bonds is 0. The van der Waals surface area contributed by atoms with Crippen molar-refractivity contribution in [3.63, 3.8) is 0 Å². The molecule has 1 aliphatic heterocycles. The highest BCUT2D eigenvalue weighted by molar-refractivity contribution is 7.85. The molecule has 0 radical (unpaired) electrons. The fraction of sp³-hybridized carbons (Fsp3) is 0.500. The minimum atomic E-state index is -1.17. The van der Waals surface area contributed by atoms with Gasteiger partial charge in [-0.1, -0.05) is 32.0 Å². The molecule has 1 atom stereocenters. The normalized spacial score (nSPS) is 27.5. The summed E-state index contributed by atoms with van der Waals surface area (Å²) in [6.45, 7) is 8.41. The third kappa shape index (κ3) is 1.32. The first-order valence-corrected chi connectivity index (χ1v) is 7.08. The van der Waals surface area contributed by atoms with Crippen LogP contribution < -0.4 is 0 Å². The van der Waals surface area contributed by atoms with Gasteiger partial charge in [0.05, 0.1) is 10.5 Å². The van der Waals surface area contributed by atoms with Crippen LogP contribution in [0.1, 0.15) is 44.4 Å². The predicted octanol–water partition coefficient (Wildman–Crippen LogP) is 2.97. The van der Waals surface area contributed by atoms with Crippen LogP contribution in [0.25, 0.3) is 0 Å². The standard InChI is InChI=1S/C14H17NOS/c1-13(2)8-9-6-5-7-10-11(9)12(13)15-17(16)14(10,3)4/h5-7H,8H2,1-4H3. The van der Waals surface area contributed by atoms with Crippen molar-refractivity contribution < 1.29 is 4.21 Å². The van der Waals surface area contributed by atoms with E-state index in [9.17, 15) is 4.21 Å². The van der Waals surface area contributed by atoms with E-state index in [2.05, 4.69) is 36.4 Å². The van der Waals surface area contributed by atoms with Crippen molar-refractivity contribution in [2.24, 2.45) is 9.81 Å². The summed E-state index contributed by atoms with van der Waals surface area (Å²) in [4.78, 5) is 0. The fourth-order valence-corrected chi connectivity index (χ4v) is 3.98. The average Bonchev–Trinajstić information content (AvgIpc) is 2.48. The van der Waals surface area contributed by atoms with Gasteiger partial charge in [0.25, 0.3) is 0 Å². The lowest BCUT2D eigenvalue weighted by atomic mass is 9.86. The van der Waals surface area contributed by atoms with Gasteiger partial charge in [-0.15, -0.1) is 0 Å². The highest BCUT2D eigenvalue weighted by atomic mass is 32.2. The van der Waals surface area contributed by atoms with Gasteiger partial charge in [-0.05, 0) is 31.4 Å².